The third-order valence-electron chi connectivity index (χ3n) is 5.70. The minimum absolute atomic E-state index is 0.0362. The van der Waals surface area contributed by atoms with Crippen LogP contribution in [0, 0.1) is 5.92 Å². The van der Waals surface area contributed by atoms with Gasteiger partial charge in [0.05, 0.1) is 19.1 Å². The Morgan fingerprint density at radius 3 is 2.75 bits per heavy atom. The van der Waals surface area contributed by atoms with E-state index in [4.69, 9.17) is 42.7 Å². The number of anilines is 1. The number of H-pyrrole nitrogens is 1. The number of aliphatic hydroxyl groups excluding tert-OH is 1. The number of nitrogen functional groups attached to an aromatic ring is 1. The van der Waals surface area contributed by atoms with Crippen molar-refractivity contribution >= 4 is 53.7 Å². The van der Waals surface area contributed by atoms with Gasteiger partial charge in [-0.25, -0.2) is 9.55 Å². The first-order valence-electron chi connectivity index (χ1n) is 10.8. The maximum atomic E-state index is 13.6. The molecule has 0 bridgehead atoms. The minimum Gasteiger partial charge on any atom is -0.424 e. The number of ether oxygens (including phenoxy) is 1. The zero-order valence-corrected chi connectivity index (χ0v) is 21.6. The first kappa shape index (κ1) is 26.6. The van der Waals surface area contributed by atoms with Crippen molar-refractivity contribution in [2.75, 3.05) is 18.5 Å². The molecule has 4 N–H and O–H groups in total. The minimum atomic E-state index is -3.90. The Hall–Kier alpha value is -2.47. The summed E-state index contributed by atoms with van der Waals surface area (Å²) < 4.78 is 30.1. The van der Waals surface area contributed by atoms with Crippen LogP contribution in [0.25, 0.3) is 11.2 Å². The number of carbonyl (C=O) groups excluding carboxylic acids is 1. The maximum Gasteiger partial charge on any atom is 0.379 e. The number of Topliss-reactive ketones (excluding diaryl/α,β-unsaturated/α-hetero) is 1. The number of aromatic nitrogens is 4. The lowest BCUT2D eigenvalue weighted by molar-refractivity contribution is -0.119. The highest BCUT2D eigenvalue weighted by molar-refractivity contribution is 7.54. The highest BCUT2D eigenvalue weighted by atomic mass is 35.5. The number of hydrogen-bond acceptors (Lipinski definition) is 10. The normalized spacial score (nSPS) is 23.9. The van der Waals surface area contributed by atoms with Crippen LogP contribution in [0.2, 0.25) is 0 Å². The van der Waals surface area contributed by atoms with Crippen LogP contribution in [0.1, 0.15) is 20.1 Å². The fourth-order valence-corrected chi connectivity index (χ4v) is 6.20. The third kappa shape index (κ3) is 5.29. The number of rotatable bonds is 9. The van der Waals surface area contributed by atoms with Crippen LogP contribution in [-0.4, -0.2) is 59.7 Å². The van der Waals surface area contributed by atoms with Gasteiger partial charge in [-0.3, -0.25) is 23.7 Å². The van der Waals surface area contributed by atoms with Gasteiger partial charge in [-0.1, -0.05) is 48.3 Å². The number of aromatic amines is 1. The second-order valence-electron chi connectivity index (χ2n) is 8.43. The van der Waals surface area contributed by atoms with Crippen molar-refractivity contribution in [3.63, 3.8) is 0 Å². The number of imidazole rings is 1. The van der Waals surface area contributed by atoms with E-state index < -0.39 is 48.4 Å². The second kappa shape index (κ2) is 10.1. The fourth-order valence-electron chi connectivity index (χ4n) is 3.63. The molecule has 36 heavy (non-hydrogen) atoms. The highest BCUT2D eigenvalue weighted by Crippen LogP contribution is 2.52. The molecule has 1 aliphatic rings. The number of fused-ring (bicyclic) bond motifs is 1. The molecule has 0 radical (unpaired) electrons. The summed E-state index contributed by atoms with van der Waals surface area (Å²) in [6.07, 6.45) is -2.91. The predicted molar refractivity (Wildman–Crippen MR) is 132 cm³/mol. The summed E-state index contributed by atoms with van der Waals surface area (Å²) >= 11 is 12.9. The zero-order valence-electron chi connectivity index (χ0n) is 19.2. The number of nitrogens with one attached hydrogen (secondary N) is 1. The summed E-state index contributed by atoms with van der Waals surface area (Å²) in [6.45, 7) is 2.55. The average Bonchev–Trinajstić information content (AvgIpc) is 3.31. The number of para-hydroxylation sites is 1. The molecule has 3 heterocycles. The number of halogens is 2. The van der Waals surface area contributed by atoms with E-state index in [1.165, 1.54) is 17.8 Å². The smallest absolute Gasteiger partial charge is 0.379 e. The van der Waals surface area contributed by atoms with Crippen molar-refractivity contribution in [2.45, 2.75) is 36.6 Å². The Labute approximate surface area is 215 Å². The molecule has 12 nitrogen and oxygen atoms in total. The number of ketones is 1. The van der Waals surface area contributed by atoms with E-state index in [1.54, 1.807) is 37.3 Å². The number of hydrogen-bond donors (Lipinski definition) is 3. The number of alkyl halides is 2. The van der Waals surface area contributed by atoms with Crippen LogP contribution in [0.4, 0.5) is 5.95 Å². The molecule has 194 valence electrons. The summed E-state index contributed by atoms with van der Waals surface area (Å²) in [5.41, 5.74) is 5.06. The van der Waals surface area contributed by atoms with Gasteiger partial charge in [-0.15, -0.1) is 0 Å². The Morgan fingerprint density at radius 2 is 2.08 bits per heavy atom. The summed E-state index contributed by atoms with van der Waals surface area (Å²) in [6, 6.07) is 8.34. The molecule has 0 aliphatic carbocycles. The third-order valence-corrected chi connectivity index (χ3v) is 8.54. The van der Waals surface area contributed by atoms with Gasteiger partial charge in [0, 0.05) is 5.92 Å². The fraction of sp³-hybridized carbons (Fsp3) is 0.429. The van der Waals surface area contributed by atoms with E-state index in [0.29, 0.717) is 0 Å². The maximum absolute atomic E-state index is 13.6. The van der Waals surface area contributed by atoms with Crippen LogP contribution in [0.5, 0.6) is 5.75 Å². The van der Waals surface area contributed by atoms with Crippen molar-refractivity contribution in [3.8, 4) is 5.75 Å². The first-order valence-corrected chi connectivity index (χ1v) is 13.3. The second-order valence-corrected chi connectivity index (χ2v) is 11.9. The molecule has 1 fully saturated rings. The lowest BCUT2D eigenvalue weighted by Crippen LogP contribution is -2.38. The first-order chi connectivity index (χ1) is 16.9. The number of benzene rings is 1. The lowest BCUT2D eigenvalue weighted by Gasteiger charge is -2.24. The van der Waals surface area contributed by atoms with E-state index in [2.05, 4.69) is 15.0 Å². The van der Waals surface area contributed by atoms with Crippen LogP contribution in [0.15, 0.2) is 41.5 Å². The summed E-state index contributed by atoms with van der Waals surface area (Å²) in [5, 5.41) is 10.8. The van der Waals surface area contributed by atoms with Crippen molar-refractivity contribution in [1.82, 2.24) is 19.5 Å². The molecular weight excluding hydrogens is 536 g/mol. The van der Waals surface area contributed by atoms with Gasteiger partial charge in [0.1, 0.15) is 23.7 Å². The van der Waals surface area contributed by atoms with Crippen molar-refractivity contribution in [2.24, 2.45) is 5.92 Å². The van der Waals surface area contributed by atoms with Crippen molar-refractivity contribution in [3.05, 3.63) is 47.0 Å². The van der Waals surface area contributed by atoms with E-state index in [-0.39, 0.29) is 34.8 Å². The van der Waals surface area contributed by atoms with Crippen LogP contribution in [0.3, 0.4) is 0 Å². The van der Waals surface area contributed by atoms with Gasteiger partial charge in [-0.2, -0.15) is 4.98 Å². The Bertz CT molecular complexity index is 1370. The molecule has 15 heteroatoms. The molecule has 1 unspecified atom stereocenters. The SMILES string of the molecule is CC(=O)[C@H](C)CP(=O)(OC[C@H]1O[C@@H](n2cnc3c(=O)[nH]c(N)nc32)C(Cl)(Cl)[C@H]1O)Oc1ccccc1. The van der Waals surface area contributed by atoms with Crippen LogP contribution in [-0.2, 0) is 18.6 Å². The van der Waals surface area contributed by atoms with Crippen molar-refractivity contribution in [1.29, 1.82) is 0 Å². The Balaban J connectivity index is 1.57. The lowest BCUT2D eigenvalue weighted by atomic mass is 10.1. The number of aliphatic hydroxyl groups is 1. The molecule has 0 amide bonds. The average molecular weight is 560 g/mol. The molecule has 0 saturated carbocycles. The quantitative estimate of drug-likeness (QED) is 0.261. The topological polar surface area (TPSA) is 172 Å². The van der Waals surface area contributed by atoms with Gasteiger partial charge in [-0.05, 0) is 19.1 Å². The van der Waals surface area contributed by atoms with Gasteiger partial charge in [0.25, 0.3) is 5.56 Å². The number of nitrogens with zero attached hydrogens (tertiary/aromatic N) is 3. The standard InChI is InChI=1S/C21H24Cl2N5O7P/c1-11(12(2)29)9-36(32,35-13-6-4-3-5-7-13)33-8-14-16(30)21(22,23)19(34-14)28-10-25-15-17(28)26-20(24)27-18(15)31/h3-7,10-11,14,16,19,30H,8-9H2,1-2H3,(H3,24,26,27,31)/t11-,14-,16+,19-,36?/m1/s1. The highest BCUT2D eigenvalue weighted by Gasteiger charge is 2.56. The largest absolute Gasteiger partial charge is 0.424 e. The van der Waals surface area contributed by atoms with Crippen LogP contribution >= 0.6 is 30.8 Å². The Kier molecular flexibility index (Phi) is 7.47. The number of nitrogens with two attached hydrogens (primary N) is 1. The molecule has 2 aromatic heterocycles. The molecule has 1 saturated heterocycles. The molecule has 5 atom stereocenters. The zero-order chi connectivity index (χ0) is 26.3. The molecule has 3 aromatic rings. The van der Waals surface area contributed by atoms with E-state index in [1.807, 2.05) is 0 Å². The van der Waals surface area contributed by atoms with E-state index in [0.717, 1.165) is 0 Å². The van der Waals surface area contributed by atoms with E-state index >= 15 is 0 Å². The molecule has 0 spiro atoms. The van der Waals surface area contributed by atoms with Crippen molar-refractivity contribution < 1.29 is 28.3 Å². The Morgan fingerprint density at radius 1 is 1.39 bits per heavy atom. The summed E-state index contributed by atoms with van der Waals surface area (Å²) in [7, 11) is -3.90. The molecular formula is C21H24Cl2N5O7P. The monoisotopic (exact) mass is 559 g/mol. The van der Waals surface area contributed by atoms with Gasteiger partial charge >= 0.3 is 7.60 Å². The van der Waals surface area contributed by atoms with Gasteiger partial charge in [0.15, 0.2) is 21.7 Å². The molecule has 1 aromatic carbocycles. The van der Waals surface area contributed by atoms with Gasteiger partial charge in [0.2, 0.25) is 5.95 Å². The number of carbonyl (C=O) groups is 1. The summed E-state index contributed by atoms with van der Waals surface area (Å²) in [5.74, 6) is -0.693. The van der Waals surface area contributed by atoms with Crippen LogP contribution < -0.4 is 15.8 Å². The molecule has 1 aliphatic heterocycles. The predicted octanol–water partition coefficient (Wildman–Crippen LogP) is 2.65. The van der Waals surface area contributed by atoms with E-state index in [9.17, 15) is 19.3 Å². The molecule has 4 rings (SSSR count). The summed E-state index contributed by atoms with van der Waals surface area (Å²) in [4.78, 5) is 34.3. The van der Waals surface area contributed by atoms with Gasteiger partial charge < -0.3 is 20.1 Å².